The number of benzene rings is 1. The van der Waals surface area contributed by atoms with Gasteiger partial charge in [-0.1, -0.05) is 6.92 Å². The van der Waals surface area contributed by atoms with E-state index in [4.69, 9.17) is 4.74 Å². The normalized spacial score (nSPS) is 16.7. The van der Waals surface area contributed by atoms with Crippen molar-refractivity contribution < 1.29 is 9.84 Å². The molecule has 0 unspecified atom stereocenters. The standard InChI is InChI=1S/C17H27N3O2/c1-4-18-17(20-9-7-13(2)8-10-20)19-12-14-11-15(22-3)5-6-16(14)21/h5-6,11,13,21H,4,7-10,12H2,1-3H3,(H,18,19). The maximum atomic E-state index is 9.96. The Hall–Kier alpha value is -1.91. The topological polar surface area (TPSA) is 57.1 Å². The van der Waals surface area contributed by atoms with Crippen LogP contribution in [0.1, 0.15) is 32.3 Å². The summed E-state index contributed by atoms with van der Waals surface area (Å²) in [5, 5.41) is 13.3. The predicted molar refractivity (Wildman–Crippen MR) is 89.4 cm³/mol. The van der Waals surface area contributed by atoms with Gasteiger partial charge in [0, 0.05) is 25.2 Å². The van der Waals surface area contributed by atoms with Crippen LogP contribution in [0.2, 0.25) is 0 Å². The van der Waals surface area contributed by atoms with Crippen molar-refractivity contribution in [3.05, 3.63) is 23.8 Å². The van der Waals surface area contributed by atoms with Crippen molar-refractivity contribution in [3.63, 3.8) is 0 Å². The minimum Gasteiger partial charge on any atom is -0.508 e. The number of aliphatic imine (C=N–C) groups is 1. The summed E-state index contributed by atoms with van der Waals surface area (Å²) < 4.78 is 5.21. The molecule has 122 valence electrons. The lowest BCUT2D eigenvalue weighted by Gasteiger charge is -2.33. The Labute approximate surface area is 133 Å². The number of piperidine rings is 1. The van der Waals surface area contributed by atoms with Crippen LogP contribution >= 0.6 is 0 Å². The average molecular weight is 305 g/mol. The summed E-state index contributed by atoms with van der Waals surface area (Å²) in [6, 6.07) is 5.24. The van der Waals surface area contributed by atoms with Crippen molar-refractivity contribution in [1.82, 2.24) is 10.2 Å². The van der Waals surface area contributed by atoms with Gasteiger partial charge in [0.25, 0.3) is 0 Å². The van der Waals surface area contributed by atoms with Gasteiger partial charge in [0.15, 0.2) is 5.96 Å². The van der Waals surface area contributed by atoms with E-state index in [0.717, 1.165) is 42.8 Å². The fourth-order valence-corrected chi connectivity index (χ4v) is 2.62. The molecule has 1 heterocycles. The average Bonchev–Trinajstić information content (AvgIpc) is 2.53. The summed E-state index contributed by atoms with van der Waals surface area (Å²) in [6.45, 7) is 7.74. The first kappa shape index (κ1) is 16.5. The Bertz CT molecular complexity index is 509. The highest BCUT2D eigenvalue weighted by Crippen LogP contribution is 2.24. The number of phenols is 1. The van der Waals surface area contributed by atoms with Gasteiger partial charge < -0.3 is 20.1 Å². The van der Waals surface area contributed by atoms with Crippen molar-refractivity contribution in [3.8, 4) is 11.5 Å². The smallest absolute Gasteiger partial charge is 0.194 e. The number of nitrogens with one attached hydrogen (secondary N) is 1. The summed E-state index contributed by atoms with van der Waals surface area (Å²) >= 11 is 0. The highest BCUT2D eigenvalue weighted by atomic mass is 16.5. The van der Waals surface area contributed by atoms with Gasteiger partial charge in [0.05, 0.1) is 13.7 Å². The highest BCUT2D eigenvalue weighted by molar-refractivity contribution is 5.80. The van der Waals surface area contributed by atoms with Crippen LogP contribution in [0.15, 0.2) is 23.2 Å². The monoisotopic (exact) mass is 305 g/mol. The van der Waals surface area contributed by atoms with Gasteiger partial charge in [-0.2, -0.15) is 0 Å². The van der Waals surface area contributed by atoms with E-state index in [9.17, 15) is 5.11 Å². The van der Waals surface area contributed by atoms with Gasteiger partial charge in [0.2, 0.25) is 0 Å². The first-order chi connectivity index (χ1) is 10.6. The van der Waals surface area contributed by atoms with Crippen molar-refractivity contribution in [2.24, 2.45) is 10.9 Å². The van der Waals surface area contributed by atoms with Gasteiger partial charge in [-0.05, 0) is 43.9 Å². The van der Waals surface area contributed by atoms with Gasteiger partial charge >= 0.3 is 0 Å². The zero-order valence-corrected chi connectivity index (χ0v) is 13.8. The van der Waals surface area contributed by atoms with Crippen LogP contribution in [0.5, 0.6) is 11.5 Å². The molecular weight excluding hydrogens is 278 g/mol. The molecule has 1 aliphatic rings. The number of ether oxygens (including phenoxy) is 1. The number of nitrogens with zero attached hydrogens (tertiary/aromatic N) is 2. The van der Waals surface area contributed by atoms with E-state index in [2.05, 4.69) is 29.1 Å². The largest absolute Gasteiger partial charge is 0.508 e. The molecule has 0 aliphatic carbocycles. The molecule has 1 saturated heterocycles. The summed E-state index contributed by atoms with van der Waals surface area (Å²) in [5.74, 6) is 2.71. The molecule has 1 aliphatic heterocycles. The Morgan fingerprint density at radius 1 is 1.41 bits per heavy atom. The number of rotatable bonds is 4. The molecule has 0 saturated carbocycles. The molecule has 5 heteroatoms. The maximum absolute atomic E-state index is 9.96. The van der Waals surface area contributed by atoms with E-state index in [-0.39, 0.29) is 5.75 Å². The van der Waals surface area contributed by atoms with Crippen LogP contribution in [0.25, 0.3) is 0 Å². The quantitative estimate of drug-likeness (QED) is 0.663. The molecule has 0 atom stereocenters. The van der Waals surface area contributed by atoms with E-state index in [0.29, 0.717) is 6.54 Å². The summed E-state index contributed by atoms with van der Waals surface area (Å²) in [7, 11) is 1.62. The molecular formula is C17H27N3O2. The van der Waals surface area contributed by atoms with Gasteiger partial charge in [-0.15, -0.1) is 0 Å². The molecule has 0 bridgehead atoms. The van der Waals surface area contributed by atoms with Crippen LogP contribution in [0.3, 0.4) is 0 Å². The van der Waals surface area contributed by atoms with Crippen LogP contribution in [0, 0.1) is 5.92 Å². The minimum atomic E-state index is 0.257. The van der Waals surface area contributed by atoms with E-state index in [1.807, 2.05) is 6.07 Å². The number of likely N-dealkylation sites (tertiary alicyclic amines) is 1. The first-order valence-electron chi connectivity index (χ1n) is 8.03. The Morgan fingerprint density at radius 2 is 2.14 bits per heavy atom. The van der Waals surface area contributed by atoms with Crippen molar-refractivity contribution in [2.45, 2.75) is 33.2 Å². The lowest BCUT2D eigenvalue weighted by atomic mass is 10.00. The Kier molecular flexibility index (Phi) is 5.92. The summed E-state index contributed by atoms with van der Waals surface area (Å²) in [4.78, 5) is 6.99. The summed E-state index contributed by atoms with van der Waals surface area (Å²) in [6.07, 6.45) is 2.41. The molecule has 0 radical (unpaired) electrons. The lowest BCUT2D eigenvalue weighted by Crippen LogP contribution is -2.45. The molecule has 5 nitrogen and oxygen atoms in total. The van der Waals surface area contributed by atoms with E-state index < -0.39 is 0 Å². The van der Waals surface area contributed by atoms with Crippen molar-refractivity contribution in [1.29, 1.82) is 0 Å². The van der Waals surface area contributed by atoms with Crippen molar-refractivity contribution in [2.75, 3.05) is 26.7 Å². The zero-order valence-electron chi connectivity index (χ0n) is 13.8. The number of hydrogen-bond acceptors (Lipinski definition) is 3. The number of hydrogen-bond donors (Lipinski definition) is 2. The van der Waals surface area contributed by atoms with Gasteiger partial charge in [-0.3, -0.25) is 0 Å². The minimum absolute atomic E-state index is 0.257. The number of phenolic OH excluding ortho intramolecular Hbond substituents is 1. The second-order valence-corrected chi connectivity index (χ2v) is 5.83. The molecule has 0 spiro atoms. The number of aromatic hydroxyl groups is 1. The Balaban J connectivity index is 2.09. The fraction of sp³-hybridized carbons (Fsp3) is 0.588. The van der Waals surface area contributed by atoms with E-state index in [1.165, 1.54) is 12.8 Å². The third kappa shape index (κ3) is 4.29. The molecule has 2 rings (SSSR count). The molecule has 22 heavy (non-hydrogen) atoms. The SMILES string of the molecule is CCNC(=NCc1cc(OC)ccc1O)N1CCC(C)CC1. The molecule has 1 aromatic carbocycles. The van der Waals surface area contributed by atoms with Gasteiger partial charge in [0.1, 0.15) is 11.5 Å². The lowest BCUT2D eigenvalue weighted by molar-refractivity contribution is 0.273. The van der Waals surface area contributed by atoms with Crippen LogP contribution in [-0.2, 0) is 6.54 Å². The first-order valence-corrected chi connectivity index (χ1v) is 8.03. The zero-order chi connectivity index (χ0) is 15.9. The molecule has 0 aromatic heterocycles. The van der Waals surface area contributed by atoms with Crippen LogP contribution < -0.4 is 10.1 Å². The maximum Gasteiger partial charge on any atom is 0.194 e. The van der Waals surface area contributed by atoms with E-state index in [1.54, 1.807) is 19.2 Å². The van der Waals surface area contributed by atoms with Gasteiger partial charge in [-0.25, -0.2) is 4.99 Å². The fourth-order valence-electron chi connectivity index (χ4n) is 2.62. The number of methoxy groups -OCH3 is 1. The third-order valence-electron chi connectivity index (χ3n) is 4.10. The second kappa shape index (κ2) is 7.92. The second-order valence-electron chi connectivity index (χ2n) is 5.83. The third-order valence-corrected chi connectivity index (χ3v) is 4.10. The number of guanidine groups is 1. The highest BCUT2D eigenvalue weighted by Gasteiger charge is 2.18. The van der Waals surface area contributed by atoms with E-state index >= 15 is 0 Å². The molecule has 1 aromatic rings. The van der Waals surface area contributed by atoms with Crippen molar-refractivity contribution >= 4 is 5.96 Å². The molecule has 0 amide bonds. The van der Waals surface area contributed by atoms with Crippen LogP contribution in [-0.4, -0.2) is 42.7 Å². The predicted octanol–water partition coefficient (Wildman–Crippen LogP) is 2.60. The summed E-state index contributed by atoms with van der Waals surface area (Å²) in [5.41, 5.74) is 0.778. The molecule has 1 fully saturated rings. The van der Waals surface area contributed by atoms with Crippen LogP contribution in [0.4, 0.5) is 0 Å². The molecule has 2 N–H and O–H groups in total. The Morgan fingerprint density at radius 3 is 2.77 bits per heavy atom.